The van der Waals surface area contributed by atoms with Crippen LogP contribution >= 0.6 is 11.3 Å². The number of fused-ring (bicyclic) bond motifs is 2. The van der Waals surface area contributed by atoms with Gasteiger partial charge in [0.25, 0.3) is 5.91 Å². The van der Waals surface area contributed by atoms with Crippen molar-refractivity contribution in [1.29, 1.82) is 0 Å². The second-order valence-electron chi connectivity index (χ2n) is 9.89. The van der Waals surface area contributed by atoms with E-state index in [9.17, 15) is 13.2 Å². The summed E-state index contributed by atoms with van der Waals surface area (Å²) in [4.78, 5) is 22.3. The Kier molecular flexibility index (Phi) is 7.60. The predicted molar refractivity (Wildman–Crippen MR) is 146 cm³/mol. The maximum Gasteiger partial charge on any atom is 0.260 e. The number of hydrogen-bond acceptors (Lipinski definition) is 9. The summed E-state index contributed by atoms with van der Waals surface area (Å²) in [5, 5.41) is 0.570. The first kappa shape index (κ1) is 26.8. The summed E-state index contributed by atoms with van der Waals surface area (Å²) in [5.74, 6) is 1.07. The van der Waals surface area contributed by atoms with E-state index in [4.69, 9.17) is 19.2 Å². The zero-order valence-electron chi connectivity index (χ0n) is 21.9. The highest BCUT2D eigenvalue weighted by Crippen LogP contribution is 2.40. The van der Waals surface area contributed by atoms with Gasteiger partial charge in [-0.1, -0.05) is 11.3 Å². The third-order valence-corrected chi connectivity index (χ3v) is 9.35. The normalized spacial score (nSPS) is 19.8. The van der Waals surface area contributed by atoms with Gasteiger partial charge in [-0.05, 0) is 65.2 Å². The molecule has 5 rings (SSSR count). The summed E-state index contributed by atoms with van der Waals surface area (Å²) in [7, 11) is 0.273. The summed E-state index contributed by atoms with van der Waals surface area (Å²) < 4.78 is 45.5. The van der Waals surface area contributed by atoms with E-state index in [0.29, 0.717) is 41.8 Å². The van der Waals surface area contributed by atoms with E-state index in [1.54, 1.807) is 17.0 Å². The summed E-state index contributed by atoms with van der Waals surface area (Å²) in [6.45, 7) is 5.77. The standard InChI is InChI=1S/C26H32N4O6S2/c1-17-14-29(15-18(2)36-17)38(32,33)20-8-6-19(7-9-20)25(31)30(11-5-10-28(3)4)26-27-21-12-22-23(35-16-34-22)13-24(21)37-26/h6-9,12-13,17-18H,5,10-11,14-16H2,1-4H3. The molecule has 3 heterocycles. The summed E-state index contributed by atoms with van der Waals surface area (Å²) in [6.07, 6.45) is 0.383. The Morgan fingerprint density at radius 1 is 1.05 bits per heavy atom. The van der Waals surface area contributed by atoms with Crippen LogP contribution in [0, 0.1) is 0 Å². The Morgan fingerprint density at radius 3 is 2.37 bits per heavy atom. The lowest BCUT2D eigenvalue weighted by atomic mass is 10.2. The number of carbonyl (C=O) groups excluding carboxylic acids is 1. The highest BCUT2D eigenvalue weighted by molar-refractivity contribution is 7.89. The average molecular weight is 561 g/mol. The van der Waals surface area contributed by atoms with E-state index in [-0.39, 0.29) is 29.8 Å². The molecule has 1 amide bonds. The van der Waals surface area contributed by atoms with Crippen LogP contribution in [0.15, 0.2) is 41.3 Å². The molecule has 0 N–H and O–H groups in total. The maximum atomic E-state index is 13.7. The number of anilines is 1. The van der Waals surface area contributed by atoms with E-state index in [0.717, 1.165) is 23.2 Å². The Balaban J connectivity index is 1.40. The summed E-state index contributed by atoms with van der Waals surface area (Å²) >= 11 is 1.41. The number of sulfonamides is 1. The molecule has 2 unspecified atom stereocenters. The van der Waals surface area contributed by atoms with Crippen molar-refractivity contribution in [3.63, 3.8) is 0 Å². The number of nitrogens with zero attached hydrogens (tertiary/aromatic N) is 4. The van der Waals surface area contributed by atoms with Crippen LogP contribution in [0.3, 0.4) is 0 Å². The van der Waals surface area contributed by atoms with Crippen molar-refractivity contribution in [2.24, 2.45) is 0 Å². The van der Waals surface area contributed by atoms with E-state index < -0.39 is 10.0 Å². The van der Waals surface area contributed by atoms with E-state index in [1.807, 2.05) is 40.1 Å². The van der Waals surface area contributed by atoms with Crippen molar-refractivity contribution in [2.45, 2.75) is 37.4 Å². The lowest BCUT2D eigenvalue weighted by molar-refractivity contribution is -0.0440. The van der Waals surface area contributed by atoms with Crippen LogP contribution in [-0.4, -0.2) is 87.8 Å². The Bertz CT molecular complexity index is 1370. The molecule has 1 fully saturated rings. The van der Waals surface area contributed by atoms with Crippen LogP contribution in [0.2, 0.25) is 0 Å². The van der Waals surface area contributed by atoms with E-state index in [1.165, 1.54) is 27.8 Å². The zero-order valence-corrected chi connectivity index (χ0v) is 23.5. The van der Waals surface area contributed by atoms with Crippen LogP contribution in [0.5, 0.6) is 11.5 Å². The molecule has 0 aliphatic carbocycles. The second kappa shape index (κ2) is 10.8. The maximum absolute atomic E-state index is 13.7. The van der Waals surface area contributed by atoms with E-state index in [2.05, 4.69) is 4.90 Å². The molecular weight excluding hydrogens is 528 g/mol. The van der Waals surface area contributed by atoms with Gasteiger partial charge in [-0.2, -0.15) is 4.31 Å². The second-order valence-corrected chi connectivity index (χ2v) is 12.8. The number of thiazole rings is 1. The molecular formula is C26H32N4O6S2. The lowest BCUT2D eigenvalue weighted by Crippen LogP contribution is -2.48. The summed E-state index contributed by atoms with van der Waals surface area (Å²) in [5.41, 5.74) is 1.13. The van der Waals surface area contributed by atoms with Crippen LogP contribution in [0.4, 0.5) is 5.13 Å². The van der Waals surface area contributed by atoms with Gasteiger partial charge in [-0.3, -0.25) is 9.69 Å². The number of carbonyl (C=O) groups is 1. The quantitative estimate of drug-likeness (QED) is 0.413. The third-order valence-electron chi connectivity index (χ3n) is 6.46. The molecule has 0 spiro atoms. The molecule has 0 radical (unpaired) electrons. The van der Waals surface area contributed by atoms with Gasteiger partial charge in [0.15, 0.2) is 16.6 Å². The topological polar surface area (TPSA) is 102 Å². The first-order valence-corrected chi connectivity index (χ1v) is 14.8. The van der Waals surface area contributed by atoms with Crippen molar-refractivity contribution in [1.82, 2.24) is 14.2 Å². The number of ether oxygens (including phenoxy) is 3. The van der Waals surface area contributed by atoms with Gasteiger partial charge >= 0.3 is 0 Å². The fraction of sp³-hybridized carbons (Fsp3) is 0.462. The molecule has 2 aliphatic rings. The minimum Gasteiger partial charge on any atom is -0.454 e. The number of amides is 1. The van der Waals surface area contributed by atoms with Crippen LogP contribution in [0.25, 0.3) is 10.2 Å². The number of aromatic nitrogens is 1. The smallest absolute Gasteiger partial charge is 0.260 e. The van der Waals surface area contributed by atoms with Gasteiger partial charge in [-0.15, -0.1) is 0 Å². The molecule has 204 valence electrons. The third kappa shape index (κ3) is 5.50. The summed E-state index contributed by atoms with van der Waals surface area (Å²) in [6, 6.07) is 9.86. The minimum absolute atomic E-state index is 0.156. The van der Waals surface area contributed by atoms with Crippen LogP contribution in [-0.2, 0) is 14.8 Å². The Morgan fingerprint density at radius 2 is 1.71 bits per heavy atom. The van der Waals surface area contributed by atoms with Gasteiger partial charge in [0.05, 0.1) is 27.3 Å². The Hall–Kier alpha value is -2.77. The first-order valence-electron chi connectivity index (χ1n) is 12.5. The molecule has 2 atom stereocenters. The average Bonchev–Trinajstić information content (AvgIpc) is 3.50. The largest absolute Gasteiger partial charge is 0.454 e. The van der Waals surface area contributed by atoms with Crippen molar-refractivity contribution in [3.8, 4) is 11.5 Å². The van der Waals surface area contributed by atoms with Gasteiger partial charge in [0, 0.05) is 37.3 Å². The van der Waals surface area contributed by atoms with Crippen molar-refractivity contribution in [3.05, 3.63) is 42.0 Å². The number of hydrogen-bond donors (Lipinski definition) is 0. The molecule has 38 heavy (non-hydrogen) atoms. The predicted octanol–water partition coefficient (Wildman–Crippen LogP) is 3.42. The van der Waals surface area contributed by atoms with Crippen molar-refractivity contribution >= 4 is 42.6 Å². The van der Waals surface area contributed by atoms with Gasteiger partial charge in [-0.25, -0.2) is 13.4 Å². The Labute approximate surface area is 226 Å². The van der Waals surface area contributed by atoms with Crippen LogP contribution < -0.4 is 14.4 Å². The number of benzene rings is 2. The fourth-order valence-electron chi connectivity index (χ4n) is 4.65. The first-order chi connectivity index (χ1) is 18.1. The molecule has 12 heteroatoms. The fourth-order valence-corrected chi connectivity index (χ4v) is 7.24. The molecule has 1 saturated heterocycles. The minimum atomic E-state index is -3.70. The molecule has 2 aliphatic heterocycles. The van der Waals surface area contributed by atoms with Gasteiger partial charge < -0.3 is 19.1 Å². The number of rotatable bonds is 8. The molecule has 0 saturated carbocycles. The monoisotopic (exact) mass is 560 g/mol. The molecule has 2 aromatic carbocycles. The van der Waals surface area contributed by atoms with Crippen molar-refractivity contribution < 1.29 is 27.4 Å². The zero-order chi connectivity index (χ0) is 27.0. The lowest BCUT2D eigenvalue weighted by Gasteiger charge is -2.34. The molecule has 0 bridgehead atoms. The number of morpholine rings is 1. The van der Waals surface area contributed by atoms with E-state index >= 15 is 0 Å². The molecule has 1 aromatic heterocycles. The highest BCUT2D eigenvalue weighted by atomic mass is 32.2. The molecule has 10 nitrogen and oxygen atoms in total. The van der Waals surface area contributed by atoms with Crippen molar-refractivity contribution in [2.75, 3.05) is 52.0 Å². The van der Waals surface area contributed by atoms with Gasteiger partial charge in [0.2, 0.25) is 16.8 Å². The molecule has 3 aromatic rings. The SMILES string of the molecule is CC1CN(S(=O)(=O)c2ccc(C(=O)N(CCCN(C)C)c3nc4cc5c(cc4s3)OCO5)cc2)CC(C)O1. The highest BCUT2D eigenvalue weighted by Gasteiger charge is 2.32. The van der Waals surface area contributed by atoms with Crippen LogP contribution in [0.1, 0.15) is 30.6 Å². The van der Waals surface area contributed by atoms with Gasteiger partial charge in [0.1, 0.15) is 0 Å².